The number of rotatable bonds is 4. The first-order valence-corrected chi connectivity index (χ1v) is 4.72. The van der Waals surface area contributed by atoms with E-state index in [0.717, 1.165) is 16.7 Å². The van der Waals surface area contributed by atoms with Crippen molar-refractivity contribution in [3.05, 3.63) is 34.9 Å². The van der Waals surface area contributed by atoms with E-state index >= 15 is 0 Å². The van der Waals surface area contributed by atoms with E-state index in [4.69, 9.17) is 5.11 Å². The van der Waals surface area contributed by atoms with Crippen molar-refractivity contribution in [2.75, 3.05) is 13.6 Å². The molecule has 0 fully saturated rings. The van der Waals surface area contributed by atoms with Crippen LogP contribution in [0.4, 0.5) is 0 Å². The van der Waals surface area contributed by atoms with Gasteiger partial charge in [-0.2, -0.15) is 0 Å². The highest BCUT2D eigenvalue weighted by atomic mass is 16.3. The van der Waals surface area contributed by atoms with Crippen molar-refractivity contribution in [1.82, 2.24) is 5.32 Å². The van der Waals surface area contributed by atoms with Crippen LogP contribution in [0.3, 0.4) is 0 Å². The number of aryl methyl sites for hydroxylation is 1. The molecule has 1 rings (SSSR count). The van der Waals surface area contributed by atoms with Crippen LogP contribution in [-0.2, 0) is 6.61 Å². The molecule has 0 aliphatic heterocycles. The van der Waals surface area contributed by atoms with Gasteiger partial charge in [-0.25, -0.2) is 0 Å². The van der Waals surface area contributed by atoms with Crippen LogP contribution in [0.5, 0.6) is 0 Å². The Labute approximate surface area is 84.4 Å². The van der Waals surface area contributed by atoms with Crippen molar-refractivity contribution < 1.29 is 10.2 Å². The lowest BCUT2D eigenvalue weighted by molar-refractivity contribution is 0.177. The second-order valence-electron chi connectivity index (χ2n) is 3.42. The summed E-state index contributed by atoms with van der Waals surface area (Å²) in [5.74, 6) is 0. The van der Waals surface area contributed by atoms with Gasteiger partial charge in [0.2, 0.25) is 0 Å². The smallest absolute Gasteiger partial charge is 0.0914 e. The Kier molecular flexibility index (Phi) is 4.07. The van der Waals surface area contributed by atoms with E-state index in [1.165, 1.54) is 0 Å². The van der Waals surface area contributed by atoms with Gasteiger partial charge < -0.3 is 15.5 Å². The summed E-state index contributed by atoms with van der Waals surface area (Å²) in [6.45, 7) is 2.49. The minimum atomic E-state index is -0.508. The molecule has 0 aromatic heterocycles. The van der Waals surface area contributed by atoms with Gasteiger partial charge in [-0.1, -0.05) is 18.2 Å². The fraction of sp³-hybridized carbons (Fsp3) is 0.455. The highest BCUT2D eigenvalue weighted by Crippen LogP contribution is 2.17. The summed E-state index contributed by atoms with van der Waals surface area (Å²) in [5, 5.41) is 21.7. The van der Waals surface area contributed by atoms with Crippen LogP contribution in [0.2, 0.25) is 0 Å². The van der Waals surface area contributed by atoms with Crippen LogP contribution >= 0.6 is 0 Å². The topological polar surface area (TPSA) is 52.5 Å². The zero-order chi connectivity index (χ0) is 10.6. The average molecular weight is 195 g/mol. The van der Waals surface area contributed by atoms with Crippen LogP contribution in [0.25, 0.3) is 0 Å². The van der Waals surface area contributed by atoms with Crippen molar-refractivity contribution in [1.29, 1.82) is 0 Å². The fourth-order valence-electron chi connectivity index (χ4n) is 1.38. The van der Waals surface area contributed by atoms with Crippen LogP contribution in [0.15, 0.2) is 18.2 Å². The summed E-state index contributed by atoms with van der Waals surface area (Å²) in [7, 11) is 1.80. The summed E-state index contributed by atoms with van der Waals surface area (Å²) in [5.41, 5.74) is 2.76. The molecule has 0 amide bonds. The molecule has 3 N–H and O–H groups in total. The maximum atomic E-state index is 9.69. The molecular weight excluding hydrogens is 178 g/mol. The molecule has 0 heterocycles. The predicted octanol–water partition coefficient (Wildman–Crippen LogP) is 0.740. The number of likely N-dealkylation sites (N-methyl/N-ethyl adjacent to an activating group) is 1. The number of aliphatic hydroxyl groups excluding tert-OH is 2. The Morgan fingerprint density at radius 3 is 2.71 bits per heavy atom. The SMILES string of the molecule is CNCC(O)c1ccc(C)c(CO)c1. The monoisotopic (exact) mass is 195 g/mol. The molecule has 3 nitrogen and oxygen atoms in total. The summed E-state index contributed by atoms with van der Waals surface area (Å²) in [6, 6.07) is 5.65. The Balaban J connectivity index is 2.88. The summed E-state index contributed by atoms with van der Waals surface area (Å²) >= 11 is 0. The van der Waals surface area contributed by atoms with E-state index in [-0.39, 0.29) is 6.61 Å². The third kappa shape index (κ3) is 2.54. The molecule has 1 aromatic rings. The molecule has 0 aliphatic carbocycles. The van der Waals surface area contributed by atoms with Crippen molar-refractivity contribution in [3.8, 4) is 0 Å². The van der Waals surface area contributed by atoms with E-state index in [1.54, 1.807) is 7.05 Å². The van der Waals surface area contributed by atoms with Crippen molar-refractivity contribution in [3.63, 3.8) is 0 Å². The molecule has 3 heteroatoms. The summed E-state index contributed by atoms with van der Waals surface area (Å²) in [4.78, 5) is 0. The number of hydrogen-bond donors (Lipinski definition) is 3. The highest BCUT2D eigenvalue weighted by molar-refractivity contribution is 5.31. The number of aliphatic hydroxyl groups is 2. The normalized spacial score (nSPS) is 12.9. The first kappa shape index (κ1) is 11.2. The van der Waals surface area contributed by atoms with Gasteiger partial charge in [0.15, 0.2) is 0 Å². The van der Waals surface area contributed by atoms with Crippen LogP contribution < -0.4 is 5.32 Å². The highest BCUT2D eigenvalue weighted by Gasteiger charge is 2.07. The number of benzene rings is 1. The number of hydrogen-bond acceptors (Lipinski definition) is 3. The third-order valence-electron chi connectivity index (χ3n) is 2.33. The molecule has 1 unspecified atom stereocenters. The fourth-order valence-corrected chi connectivity index (χ4v) is 1.38. The van der Waals surface area contributed by atoms with E-state index in [2.05, 4.69) is 5.32 Å². The van der Waals surface area contributed by atoms with E-state index in [9.17, 15) is 5.11 Å². The Hall–Kier alpha value is -0.900. The van der Waals surface area contributed by atoms with Crippen molar-refractivity contribution >= 4 is 0 Å². The van der Waals surface area contributed by atoms with Crippen LogP contribution in [-0.4, -0.2) is 23.8 Å². The lowest BCUT2D eigenvalue weighted by atomic mass is 10.0. The van der Waals surface area contributed by atoms with Crippen LogP contribution in [0.1, 0.15) is 22.8 Å². The predicted molar refractivity (Wildman–Crippen MR) is 56.0 cm³/mol. The van der Waals surface area contributed by atoms with Gasteiger partial charge in [-0.05, 0) is 30.7 Å². The molecule has 0 saturated carbocycles. The van der Waals surface area contributed by atoms with Gasteiger partial charge in [0, 0.05) is 6.54 Å². The van der Waals surface area contributed by atoms with E-state index in [0.29, 0.717) is 6.54 Å². The molecule has 0 bridgehead atoms. The van der Waals surface area contributed by atoms with Crippen molar-refractivity contribution in [2.24, 2.45) is 0 Å². The maximum absolute atomic E-state index is 9.69. The minimum Gasteiger partial charge on any atom is -0.392 e. The molecule has 0 aliphatic rings. The molecule has 1 atom stereocenters. The van der Waals surface area contributed by atoms with Crippen molar-refractivity contribution in [2.45, 2.75) is 19.6 Å². The minimum absolute atomic E-state index is 0.0198. The number of nitrogens with one attached hydrogen (secondary N) is 1. The Morgan fingerprint density at radius 1 is 1.43 bits per heavy atom. The largest absolute Gasteiger partial charge is 0.392 e. The zero-order valence-corrected chi connectivity index (χ0v) is 8.62. The Morgan fingerprint density at radius 2 is 2.14 bits per heavy atom. The second-order valence-corrected chi connectivity index (χ2v) is 3.42. The first-order chi connectivity index (χ1) is 6.69. The second kappa shape index (κ2) is 5.10. The lowest BCUT2D eigenvalue weighted by Gasteiger charge is -2.12. The zero-order valence-electron chi connectivity index (χ0n) is 8.62. The van der Waals surface area contributed by atoms with E-state index < -0.39 is 6.10 Å². The molecule has 78 valence electrons. The van der Waals surface area contributed by atoms with Gasteiger partial charge in [-0.15, -0.1) is 0 Å². The van der Waals surface area contributed by atoms with Gasteiger partial charge in [0.1, 0.15) is 0 Å². The van der Waals surface area contributed by atoms with Gasteiger partial charge in [0.25, 0.3) is 0 Å². The first-order valence-electron chi connectivity index (χ1n) is 4.72. The molecular formula is C11H17NO2. The Bertz CT molecular complexity index is 299. The van der Waals surface area contributed by atoms with Gasteiger partial charge in [0.05, 0.1) is 12.7 Å². The molecule has 0 saturated heterocycles. The molecule has 1 aromatic carbocycles. The van der Waals surface area contributed by atoms with Crippen LogP contribution in [0, 0.1) is 6.92 Å². The molecule has 14 heavy (non-hydrogen) atoms. The maximum Gasteiger partial charge on any atom is 0.0914 e. The van der Waals surface area contributed by atoms with Gasteiger partial charge >= 0.3 is 0 Å². The van der Waals surface area contributed by atoms with E-state index in [1.807, 2.05) is 25.1 Å². The summed E-state index contributed by atoms with van der Waals surface area (Å²) in [6.07, 6.45) is -0.508. The molecule has 0 radical (unpaired) electrons. The third-order valence-corrected chi connectivity index (χ3v) is 2.33. The standard InChI is InChI=1S/C11H17NO2/c1-8-3-4-9(5-10(8)7-13)11(14)6-12-2/h3-5,11-14H,6-7H2,1-2H3. The van der Waals surface area contributed by atoms with Gasteiger partial charge in [-0.3, -0.25) is 0 Å². The average Bonchev–Trinajstić information content (AvgIpc) is 2.19. The summed E-state index contributed by atoms with van der Waals surface area (Å²) < 4.78 is 0. The lowest BCUT2D eigenvalue weighted by Crippen LogP contribution is -2.16. The quantitative estimate of drug-likeness (QED) is 0.664. The molecule has 0 spiro atoms.